The lowest BCUT2D eigenvalue weighted by Crippen LogP contribution is -2.43. The van der Waals surface area contributed by atoms with E-state index in [1.165, 1.54) is 0 Å². The summed E-state index contributed by atoms with van der Waals surface area (Å²) in [6.07, 6.45) is 1.99. The van der Waals surface area contributed by atoms with Gasteiger partial charge in [0, 0.05) is 30.4 Å². The molecule has 1 saturated heterocycles. The summed E-state index contributed by atoms with van der Waals surface area (Å²) in [6, 6.07) is 7.77. The van der Waals surface area contributed by atoms with Gasteiger partial charge in [-0.25, -0.2) is 0 Å². The third-order valence-corrected chi connectivity index (χ3v) is 3.58. The number of nitrogens with zero attached hydrogens (tertiary/aromatic N) is 1. The minimum absolute atomic E-state index is 0.0659. The molecule has 1 aromatic rings. The molecule has 104 valence electrons. The van der Waals surface area contributed by atoms with Crippen molar-refractivity contribution in [2.45, 2.75) is 18.9 Å². The van der Waals surface area contributed by atoms with Crippen LogP contribution in [0.5, 0.6) is 0 Å². The van der Waals surface area contributed by atoms with Gasteiger partial charge in [-0.15, -0.1) is 0 Å². The first kappa shape index (κ1) is 13.8. The van der Waals surface area contributed by atoms with Crippen molar-refractivity contribution in [1.29, 1.82) is 0 Å². The third-order valence-electron chi connectivity index (χ3n) is 3.58. The number of amides is 1. The van der Waals surface area contributed by atoms with Gasteiger partial charge >= 0.3 is 0 Å². The van der Waals surface area contributed by atoms with Crippen LogP contribution in [0.15, 0.2) is 24.3 Å². The molecule has 0 bridgehead atoms. The van der Waals surface area contributed by atoms with Gasteiger partial charge in [0.05, 0.1) is 0 Å². The highest BCUT2D eigenvalue weighted by Crippen LogP contribution is 2.16. The standard InChI is InChI=1S/C14H21N3O2/c1-15-12-5-7-17(8-6-12)14(19)11-3-2-4-13(9-11)16-10-18/h2-4,9,12,15-16,18H,5-8,10H2,1H3. The second-order valence-electron chi connectivity index (χ2n) is 4.77. The first-order valence-electron chi connectivity index (χ1n) is 6.66. The van der Waals surface area contributed by atoms with E-state index in [4.69, 9.17) is 5.11 Å². The Morgan fingerprint density at radius 1 is 1.42 bits per heavy atom. The number of carbonyl (C=O) groups excluding carboxylic acids is 1. The average molecular weight is 263 g/mol. The van der Waals surface area contributed by atoms with Crippen molar-refractivity contribution < 1.29 is 9.90 Å². The molecule has 0 aliphatic carbocycles. The topological polar surface area (TPSA) is 64.6 Å². The molecule has 2 rings (SSSR count). The molecule has 0 unspecified atom stereocenters. The van der Waals surface area contributed by atoms with Gasteiger partial charge < -0.3 is 20.6 Å². The van der Waals surface area contributed by atoms with Crippen LogP contribution in [0.4, 0.5) is 5.69 Å². The molecular weight excluding hydrogens is 242 g/mol. The first-order valence-corrected chi connectivity index (χ1v) is 6.66. The second-order valence-corrected chi connectivity index (χ2v) is 4.77. The number of carbonyl (C=O) groups is 1. The normalized spacial score (nSPS) is 16.4. The maximum Gasteiger partial charge on any atom is 0.253 e. The van der Waals surface area contributed by atoms with Gasteiger partial charge in [0.1, 0.15) is 6.73 Å². The molecule has 0 saturated carbocycles. The molecule has 1 aromatic carbocycles. The van der Waals surface area contributed by atoms with Crippen molar-refractivity contribution >= 4 is 11.6 Å². The third kappa shape index (κ3) is 3.45. The van der Waals surface area contributed by atoms with Crippen LogP contribution >= 0.6 is 0 Å². The zero-order chi connectivity index (χ0) is 13.7. The average Bonchev–Trinajstić information content (AvgIpc) is 2.47. The summed E-state index contributed by atoms with van der Waals surface area (Å²) in [5, 5.41) is 14.9. The number of aliphatic hydroxyl groups is 1. The molecule has 0 spiro atoms. The molecule has 19 heavy (non-hydrogen) atoms. The van der Waals surface area contributed by atoms with Crippen molar-refractivity contribution in [2.75, 3.05) is 32.2 Å². The van der Waals surface area contributed by atoms with Crippen molar-refractivity contribution in [2.24, 2.45) is 0 Å². The monoisotopic (exact) mass is 263 g/mol. The van der Waals surface area contributed by atoms with Crippen LogP contribution in [0, 0.1) is 0 Å². The molecular formula is C14H21N3O2. The van der Waals surface area contributed by atoms with Gasteiger partial charge in [0.15, 0.2) is 0 Å². The summed E-state index contributed by atoms with van der Waals surface area (Å²) in [6.45, 7) is 1.45. The Morgan fingerprint density at radius 2 is 2.16 bits per heavy atom. The lowest BCUT2D eigenvalue weighted by molar-refractivity contribution is 0.0707. The molecule has 1 fully saturated rings. The van der Waals surface area contributed by atoms with Crippen LogP contribution in [0.25, 0.3) is 0 Å². The summed E-state index contributed by atoms with van der Waals surface area (Å²) in [5.41, 5.74) is 1.43. The SMILES string of the molecule is CNC1CCN(C(=O)c2cccc(NCO)c2)CC1. The molecule has 3 N–H and O–H groups in total. The van der Waals surface area contributed by atoms with Crippen molar-refractivity contribution in [3.8, 4) is 0 Å². The van der Waals surface area contributed by atoms with Gasteiger partial charge in [0.25, 0.3) is 5.91 Å². The number of piperidine rings is 1. The fraction of sp³-hybridized carbons (Fsp3) is 0.500. The van der Waals surface area contributed by atoms with Crippen molar-refractivity contribution in [3.05, 3.63) is 29.8 Å². The number of rotatable bonds is 4. The van der Waals surface area contributed by atoms with Crippen LogP contribution in [0.2, 0.25) is 0 Å². The molecule has 0 aromatic heterocycles. The van der Waals surface area contributed by atoms with Gasteiger partial charge in [-0.05, 0) is 38.1 Å². The van der Waals surface area contributed by atoms with E-state index in [1.54, 1.807) is 6.07 Å². The Hall–Kier alpha value is -1.59. The van der Waals surface area contributed by atoms with Crippen LogP contribution in [0.3, 0.4) is 0 Å². The predicted molar refractivity (Wildman–Crippen MR) is 75.1 cm³/mol. The van der Waals surface area contributed by atoms with E-state index in [0.717, 1.165) is 31.6 Å². The van der Waals surface area contributed by atoms with Crippen LogP contribution in [-0.2, 0) is 0 Å². The van der Waals surface area contributed by atoms with E-state index < -0.39 is 0 Å². The molecule has 0 radical (unpaired) electrons. The predicted octanol–water partition coefficient (Wildman–Crippen LogP) is 0.872. The zero-order valence-electron chi connectivity index (χ0n) is 11.2. The van der Waals surface area contributed by atoms with E-state index in [-0.39, 0.29) is 12.6 Å². The highest BCUT2D eigenvalue weighted by molar-refractivity contribution is 5.95. The fourth-order valence-corrected chi connectivity index (χ4v) is 2.41. The zero-order valence-corrected chi connectivity index (χ0v) is 11.2. The Morgan fingerprint density at radius 3 is 2.79 bits per heavy atom. The number of hydrogen-bond donors (Lipinski definition) is 3. The van der Waals surface area contributed by atoms with E-state index in [0.29, 0.717) is 11.6 Å². The Balaban J connectivity index is 2.01. The summed E-state index contributed by atoms with van der Waals surface area (Å²) < 4.78 is 0. The Bertz CT molecular complexity index is 428. The molecule has 5 nitrogen and oxygen atoms in total. The summed E-state index contributed by atoms with van der Waals surface area (Å²) in [7, 11) is 1.96. The number of benzene rings is 1. The van der Waals surface area contributed by atoms with Gasteiger partial charge in [-0.2, -0.15) is 0 Å². The molecule has 5 heteroatoms. The van der Waals surface area contributed by atoms with E-state index in [1.807, 2.05) is 30.1 Å². The lowest BCUT2D eigenvalue weighted by Gasteiger charge is -2.32. The summed E-state index contributed by atoms with van der Waals surface area (Å²) in [4.78, 5) is 14.3. The highest BCUT2D eigenvalue weighted by atomic mass is 16.3. The van der Waals surface area contributed by atoms with E-state index in [2.05, 4.69) is 10.6 Å². The lowest BCUT2D eigenvalue weighted by atomic mass is 10.0. The van der Waals surface area contributed by atoms with Crippen LogP contribution in [-0.4, -0.2) is 48.8 Å². The molecule has 1 heterocycles. The fourth-order valence-electron chi connectivity index (χ4n) is 2.41. The Kier molecular flexibility index (Phi) is 4.76. The first-order chi connectivity index (χ1) is 9.24. The van der Waals surface area contributed by atoms with Crippen LogP contribution in [0.1, 0.15) is 23.2 Å². The maximum atomic E-state index is 12.4. The number of anilines is 1. The maximum absolute atomic E-state index is 12.4. The smallest absolute Gasteiger partial charge is 0.253 e. The Labute approximate surface area is 113 Å². The second kappa shape index (κ2) is 6.54. The molecule has 1 aliphatic heterocycles. The largest absolute Gasteiger partial charge is 0.377 e. The van der Waals surface area contributed by atoms with Gasteiger partial charge in [0.2, 0.25) is 0 Å². The number of nitrogens with one attached hydrogen (secondary N) is 2. The molecule has 1 aliphatic rings. The summed E-state index contributed by atoms with van der Waals surface area (Å²) >= 11 is 0. The van der Waals surface area contributed by atoms with E-state index in [9.17, 15) is 4.79 Å². The minimum Gasteiger partial charge on any atom is -0.377 e. The highest BCUT2D eigenvalue weighted by Gasteiger charge is 2.22. The number of hydrogen-bond acceptors (Lipinski definition) is 4. The molecule has 1 amide bonds. The quantitative estimate of drug-likeness (QED) is 0.705. The van der Waals surface area contributed by atoms with Crippen molar-refractivity contribution in [3.63, 3.8) is 0 Å². The van der Waals surface area contributed by atoms with Gasteiger partial charge in [-0.1, -0.05) is 6.07 Å². The van der Waals surface area contributed by atoms with E-state index >= 15 is 0 Å². The molecule has 0 atom stereocenters. The number of likely N-dealkylation sites (tertiary alicyclic amines) is 1. The minimum atomic E-state index is -0.134. The van der Waals surface area contributed by atoms with Gasteiger partial charge in [-0.3, -0.25) is 4.79 Å². The van der Waals surface area contributed by atoms with Crippen LogP contribution < -0.4 is 10.6 Å². The van der Waals surface area contributed by atoms with Crippen molar-refractivity contribution in [1.82, 2.24) is 10.2 Å². The number of aliphatic hydroxyl groups excluding tert-OH is 1. The summed E-state index contributed by atoms with van der Waals surface area (Å²) in [5.74, 6) is 0.0659.